The lowest BCUT2D eigenvalue weighted by Crippen LogP contribution is -2.28. The van der Waals surface area contributed by atoms with Crippen LogP contribution in [0.3, 0.4) is 0 Å². The van der Waals surface area contributed by atoms with E-state index < -0.39 is 0 Å². The first-order valence-corrected chi connectivity index (χ1v) is 7.44. The Labute approximate surface area is 122 Å². The second-order valence-corrected chi connectivity index (χ2v) is 5.79. The minimum atomic E-state index is -0.0187. The fourth-order valence-corrected chi connectivity index (χ4v) is 2.45. The van der Waals surface area contributed by atoms with E-state index in [1.54, 1.807) is 11.3 Å². The van der Waals surface area contributed by atoms with Crippen molar-refractivity contribution in [1.29, 1.82) is 0 Å². The average molecular weight is 293 g/mol. The van der Waals surface area contributed by atoms with E-state index in [9.17, 15) is 4.79 Å². The zero-order chi connectivity index (χ0) is 14.4. The van der Waals surface area contributed by atoms with Crippen molar-refractivity contribution in [2.45, 2.75) is 12.8 Å². The van der Waals surface area contributed by atoms with Crippen LogP contribution in [0.5, 0.6) is 0 Å². The summed E-state index contributed by atoms with van der Waals surface area (Å²) >= 11 is 1.59. The summed E-state index contributed by atoms with van der Waals surface area (Å²) in [4.78, 5) is 14.9. The monoisotopic (exact) mass is 293 g/mol. The van der Waals surface area contributed by atoms with Gasteiger partial charge in [0, 0.05) is 12.6 Å². The summed E-state index contributed by atoms with van der Waals surface area (Å²) in [6, 6.07) is 5.75. The molecule has 0 atom stereocenters. The Morgan fingerprint density at radius 1 is 1.50 bits per heavy atom. The first kappa shape index (κ1) is 14.7. The lowest BCUT2D eigenvalue weighted by atomic mass is 10.2. The van der Waals surface area contributed by atoms with Gasteiger partial charge in [-0.3, -0.25) is 4.79 Å². The second-order valence-electron chi connectivity index (χ2n) is 4.84. The molecule has 0 unspecified atom stereocenters. The molecule has 0 saturated carbocycles. The number of nitrogens with one attached hydrogen (secondary N) is 1. The molecule has 20 heavy (non-hydrogen) atoms. The third kappa shape index (κ3) is 4.47. The molecule has 0 aliphatic heterocycles. The minimum absolute atomic E-state index is 0.0187. The predicted molar refractivity (Wildman–Crippen MR) is 79.7 cm³/mol. The van der Waals surface area contributed by atoms with Crippen molar-refractivity contribution in [3.63, 3.8) is 0 Å². The Balaban J connectivity index is 1.77. The number of carbonyl (C=O) groups is 1. The van der Waals surface area contributed by atoms with E-state index in [0.29, 0.717) is 12.2 Å². The van der Waals surface area contributed by atoms with Gasteiger partial charge in [0.15, 0.2) is 5.76 Å². The molecule has 0 bridgehead atoms. The smallest absolute Gasteiger partial charge is 0.226 e. The molecule has 2 heterocycles. The quantitative estimate of drug-likeness (QED) is 0.793. The fourth-order valence-electron chi connectivity index (χ4n) is 1.78. The Morgan fingerprint density at radius 3 is 3.05 bits per heavy atom. The molecule has 2 aromatic heterocycles. The molecule has 1 amide bonds. The largest absolute Gasteiger partial charge is 0.356 e. The van der Waals surface area contributed by atoms with Crippen LogP contribution in [0.2, 0.25) is 0 Å². The van der Waals surface area contributed by atoms with Crippen molar-refractivity contribution in [2.24, 2.45) is 0 Å². The summed E-state index contributed by atoms with van der Waals surface area (Å²) < 4.78 is 5.24. The van der Waals surface area contributed by atoms with Crippen LogP contribution < -0.4 is 5.32 Å². The maximum atomic E-state index is 11.7. The summed E-state index contributed by atoms with van der Waals surface area (Å²) in [5.74, 6) is 0.699. The molecule has 0 spiro atoms. The van der Waals surface area contributed by atoms with Gasteiger partial charge in [-0.1, -0.05) is 11.2 Å². The highest BCUT2D eigenvalue weighted by Crippen LogP contribution is 2.25. The van der Waals surface area contributed by atoms with Crippen LogP contribution in [-0.2, 0) is 11.2 Å². The fraction of sp³-hybridized carbons (Fsp3) is 0.429. The van der Waals surface area contributed by atoms with Crippen LogP contribution in [0.1, 0.15) is 12.1 Å². The van der Waals surface area contributed by atoms with Gasteiger partial charge in [0.2, 0.25) is 5.91 Å². The van der Waals surface area contributed by atoms with Crippen molar-refractivity contribution < 1.29 is 9.32 Å². The van der Waals surface area contributed by atoms with Gasteiger partial charge in [-0.25, -0.2) is 0 Å². The number of amides is 1. The van der Waals surface area contributed by atoms with Gasteiger partial charge in [0.25, 0.3) is 0 Å². The first-order valence-electron chi connectivity index (χ1n) is 6.56. The molecule has 1 N–H and O–H groups in total. The Bertz CT molecular complexity index is 534. The Kier molecular flexibility index (Phi) is 5.31. The summed E-state index contributed by atoms with van der Waals surface area (Å²) in [5.41, 5.74) is 0.665. The normalized spacial score (nSPS) is 10.9. The predicted octanol–water partition coefficient (Wildman–Crippen LogP) is 2.01. The van der Waals surface area contributed by atoms with Crippen molar-refractivity contribution in [1.82, 2.24) is 15.4 Å². The van der Waals surface area contributed by atoms with Gasteiger partial charge in [-0.05, 0) is 38.5 Å². The summed E-state index contributed by atoms with van der Waals surface area (Å²) in [7, 11) is 4.03. The molecule has 0 radical (unpaired) electrons. The Morgan fingerprint density at radius 2 is 2.35 bits per heavy atom. The standard InChI is InChI=1S/C14H19N3O2S/c1-17(2)7-4-6-15-14(18)10-11-9-12(19-16-11)13-5-3-8-20-13/h3,5,8-9H,4,6-7,10H2,1-2H3,(H,15,18). The van der Waals surface area contributed by atoms with Crippen LogP contribution in [0.15, 0.2) is 28.1 Å². The van der Waals surface area contributed by atoms with Crippen molar-refractivity contribution in [3.05, 3.63) is 29.3 Å². The van der Waals surface area contributed by atoms with Gasteiger partial charge in [-0.2, -0.15) is 0 Å². The van der Waals surface area contributed by atoms with Gasteiger partial charge in [0.1, 0.15) is 0 Å². The van der Waals surface area contributed by atoms with E-state index >= 15 is 0 Å². The zero-order valence-electron chi connectivity index (χ0n) is 11.8. The molecule has 0 aliphatic rings. The SMILES string of the molecule is CN(C)CCCNC(=O)Cc1cc(-c2cccs2)on1. The number of hydrogen-bond acceptors (Lipinski definition) is 5. The lowest BCUT2D eigenvalue weighted by Gasteiger charge is -2.09. The topological polar surface area (TPSA) is 58.4 Å². The minimum Gasteiger partial charge on any atom is -0.356 e. The van der Waals surface area contributed by atoms with Crippen LogP contribution in [-0.4, -0.2) is 43.1 Å². The molecule has 0 saturated heterocycles. The van der Waals surface area contributed by atoms with Crippen LogP contribution >= 0.6 is 11.3 Å². The molecule has 6 heteroatoms. The average Bonchev–Trinajstić information content (AvgIpc) is 3.04. The highest BCUT2D eigenvalue weighted by molar-refractivity contribution is 7.13. The van der Waals surface area contributed by atoms with Gasteiger partial charge < -0.3 is 14.7 Å². The molecule has 0 aliphatic carbocycles. The molecule has 0 aromatic carbocycles. The Hall–Kier alpha value is -1.66. The van der Waals surface area contributed by atoms with E-state index in [4.69, 9.17) is 4.52 Å². The number of carbonyl (C=O) groups excluding carboxylic acids is 1. The summed E-state index contributed by atoms with van der Waals surface area (Å²) in [6.07, 6.45) is 1.20. The molecule has 2 rings (SSSR count). The van der Waals surface area contributed by atoms with E-state index in [0.717, 1.165) is 23.6 Å². The van der Waals surface area contributed by atoms with E-state index in [1.807, 2.05) is 37.7 Å². The van der Waals surface area contributed by atoms with Gasteiger partial charge >= 0.3 is 0 Å². The maximum absolute atomic E-state index is 11.7. The van der Waals surface area contributed by atoms with Crippen molar-refractivity contribution in [3.8, 4) is 10.6 Å². The molecule has 0 fully saturated rings. The van der Waals surface area contributed by atoms with Crippen LogP contribution in [0, 0.1) is 0 Å². The van der Waals surface area contributed by atoms with E-state index in [-0.39, 0.29) is 12.3 Å². The number of hydrogen-bond donors (Lipinski definition) is 1. The summed E-state index contributed by atoms with van der Waals surface area (Å²) in [6.45, 7) is 1.65. The van der Waals surface area contributed by atoms with Crippen LogP contribution in [0.25, 0.3) is 10.6 Å². The number of nitrogens with zero attached hydrogens (tertiary/aromatic N) is 2. The molecular formula is C14H19N3O2S. The third-order valence-corrected chi connectivity index (χ3v) is 3.65. The number of aromatic nitrogens is 1. The van der Waals surface area contributed by atoms with Crippen molar-refractivity contribution in [2.75, 3.05) is 27.2 Å². The van der Waals surface area contributed by atoms with Gasteiger partial charge in [0.05, 0.1) is 17.0 Å². The van der Waals surface area contributed by atoms with Crippen molar-refractivity contribution >= 4 is 17.2 Å². The lowest BCUT2D eigenvalue weighted by molar-refractivity contribution is -0.120. The summed E-state index contributed by atoms with van der Waals surface area (Å²) in [5, 5.41) is 8.80. The zero-order valence-corrected chi connectivity index (χ0v) is 12.6. The van der Waals surface area contributed by atoms with Crippen LogP contribution in [0.4, 0.5) is 0 Å². The van der Waals surface area contributed by atoms with E-state index in [1.165, 1.54) is 0 Å². The molecule has 2 aromatic rings. The third-order valence-electron chi connectivity index (χ3n) is 2.77. The van der Waals surface area contributed by atoms with Gasteiger partial charge in [-0.15, -0.1) is 11.3 Å². The maximum Gasteiger partial charge on any atom is 0.226 e. The molecule has 5 nitrogen and oxygen atoms in total. The molecule has 108 valence electrons. The molecular weight excluding hydrogens is 274 g/mol. The first-order chi connectivity index (χ1) is 9.65. The number of rotatable bonds is 7. The highest BCUT2D eigenvalue weighted by Gasteiger charge is 2.10. The highest BCUT2D eigenvalue weighted by atomic mass is 32.1. The second kappa shape index (κ2) is 7.21. The number of thiophene rings is 1. The van der Waals surface area contributed by atoms with E-state index in [2.05, 4.69) is 15.4 Å².